The van der Waals surface area contributed by atoms with E-state index in [9.17, 15) is 9.59 Å². The van der Waals surface area contributed by atoms with E-state index in [2.05, 4.69) is 10.3 Å². The molecule has 1 atom stereocenters. The molecule has 1 N–H and O–H groups in total. The zero-order valence-corrected chi connectivity index (χ0v) is 13.1. The molecular formula is C17H20N2O4. The summed E-state index contributed by atoms with van der Waals surface area (Å²) in [5.41, 5.74) is 1.22. The second kappa shape index (κ2) is 6.50. The first kappa shape index (κ1) is 15.7. The van der Waals surface area contributed by atoms with Gasteiger partial charge in [0.2, 0.25) is 5.91 Å². The van der Waals surface area contributed by atoms with E-state index in [1.165, 1.54) is 0 Å². The lowest BCUT2D eigenvalue weighted by Gasteiger charge is -2.32. The SMILES string of the molecule is CCOC(=O)CCCOC12CC(=O)NC1=Nc1ccccc1C2. The van der Waals surface area contributed by atoms with Crippen molar-refractivity contribution in [1.29, 1.82) is 0 Å². The Balaban J connectivity index is 1.67. The fourth-order valence-corrected chi connectivity index (χ4v) is 2.99. The highest BCUT2D eigenvalue weighted by Gasteiger charge is 2.48. The molecule has 1 amide bonds. The van der Waals surface area contributed by atoms with Gasteiger partial charge in [0.15, 0.2) is 0 Å². The highest BCUT2D eigenvalue weighted by Crippen LogP contribution is 2.37. The normalized spacial score (nSPS) is 22.0. The third-order valence-corrected chi connectivity index (χ3v) is 4.04. The van der Waals surface area contributed by atoms with Crippen molar-refractivity contribution in [3.8, 4) is 0 Å². The van der Waals surface area contributed by atoms with Gasteiger partial charge < -0.3 is 14.8 Å². The second-order valence-electron chi connectivity index (χ2n) is 5.74. The summed E-state index contributed by atoms with van der Waals surface area (Å²) in [6.07, 6.45) is 1.75. The lowest BCUT2D eigenvalue weighted by Crippen LogP contribution is -2.45. The number of carbonyl (C=O) groups excluding carboxylic acids is 2. The van der Waals surface area contributed by atoms with Gasteiger partial charge in [-0.3, -0.25) is 9.59 Å². The second-order valence-corrected chi connectivity index (χ2v) is 5.74. The van der Waals surface area contributed by atoms with E-state index in [-0.39, 0.29) is 18.3 Å². The third kappa shape index (κ3) is 3.27. The molecule has 0 aliphatic carbocycles. The number of hydrogen-bond acceptors (Lipinski definition) is 5. The molecule has 0 spiro atoms. The smallest absolute Gasteiger partial charge is 0.305 e. The van der Waals surface area contributed by atoms with Crippen molar-refractivity contribution in [3.05, 3.63) is 29.8 Å². The van der Waals surface area contributed by atoms with Crippen molar-refractivity contribution < 1.29 is 19.1 Å². The van der Waals surface area contributed by atoms with Gasteiger partial charge in [0, 0.05) is 19.4 Å². The summed E-state index contributed by atoms with van der Waals surface area (Å²) >= 11 is 0. The zero-order valence-electron chi connectivity index (χ0n) is 13.1. The molecule has 0 radical (unpaired) electrons. The Bertz CT molecular complexity index is 656. The minimum absolute atomic E-state index is 0.0815. The molecule has 2 aliphatic heterocycles. The van der Waals surface area contributed by atoms with Crippen LogP contribution in [0.5, 0.6) is 0 Å². The largest absolute Gasteiger partial charge is 0.466 e. The Morgan fingerprint density at radius 3 is 3.00 bits per heavy atom. The van der Waals surface area contributed by atoms with Crippen LogP contribution in [0.15, 0.2) is 29.3 Å². The van der Waals surface area contributed by atoms with Crippen LogP contribution in [0.2, 0.25) is 0 Å². The molecule has 1 saturated heterocycles. The van der Waals surface area contributed by atoms with E-state index in [0.29, 0.717) is 38.3 Å². The summed E-state index contributed by atoms with van der Waals surface area (Å²) in [4.78, 5) is 27.8. The number of rotatable bonds is 6. The number of nitrogens with zero attached hydrogens (tertiary/aromatic N) is 1. The van der Waals surface area contributed by atoms with Crippen LogP contribution in [0.3, 0.4) is 0 Å². The lowest BCUT2D eigenvalue weighted by molar-refractivity contribution is -0.143. The maximum absolute atomic E-state index is 11.8. The molecule has 2 aliphatic rings. The molecule has 0 bridgehead atoms. The van der Waals surface area contributed by atoms with Crippen molar-refractivity contribution in [1.82, 2.24) is 5.32 Å². The average molecular weight is 316 g/mol. The number of fused-ring (bicyclic) bond motifs is 2. The standard InChI is InChI=1S/C17H20N2O4/c1-2-22-15(21)8-5-9-23-17-10-12-6-3-4-7-13(12)18-16(17)19-14(20)11-17/h3-4,6-7H,2,5,8-11H2,1H3,(H,18,19,20). The van der Waals surface area contributed by atoms with Crippen LogP contribution in [0.1, 0.15) is 31.7 Å². The number of amides is 1. The number of nitrogens with one attached hydrogen (secondary N) is 1. The molecular weight excluding hydrogens is 296 g/mol. The summed E-state index contributed by atoms with van der Waals surface area (Å²) in [5.74, 6) is 0.274. The molecule has 6 heteroatoms. The van der Waals surface area contributed by atoms with Crippen LogP contribution in [-0.4, -0.2) is 36.5 Å². The maximum Gasteiger partial charge on any atom is 0.305 e. The minimum Gasteiger partial charge on any atom is -0.466 e. The number of hydrogen-bond donors (Lipinski definition) is 1. The van der Waals surface area contributed by atoms with Crippen molar-refractivity contribution in [2.45, 2.75) is 38.2 Å². The Kier molecular flexibility index (Phi) is 4.43. The van der Waals surface area contributed by atoms with Crippen LogP contribution < -0.4 is 5.32 Å². The van der Waals surface area contributed by atoms with Crippen molar-refractivity contribution in [3.63, 3.8) is 0 Å². The molecule has 122 valence electrons. The van der Waals surface area contributed by atoms with Crippen LogP contribution in [0.25, 0.3) is 0 Å². The van der Waals surface area contributed by atoms with Gasteiger partial charge in [-0.05, 0) is 25.0 Å². The van der Waals surface area contributed by atoms with Crippen LogP contribution >= 0.6 is 0 Å². The van der Waals surface area contributed by atoms with Gasteiger partial charge in [-0.15, -0.1) is 0 Å². The molecule has 3 rings (SSSR count). The van der Waals surface area contributed by atoms with Crippen molar-refractivity contribution in [2.24, 2.45) is 4.99 Å². The molecule has 0 aromatic heterocycles. The van der Waals surface area contributed by atoms with Crippen LogP contribution in [0.4, 0.5) is 5.69 Å². The van der Waals surface area contributed by atoms with Gasteiger partial charge in [-0.25, -0.2) is 4.99 Å². The quantitative estimate of drug-likeness (QED) is 0.642. The molecule has 1 unspecified atom stereocenters. The Labute approximate surface area is 134 Å². The maximum atomic E-state index is 11.8. The molecule has 1 fully saturated rings. The molecule has 23 heavy (non-hydrogen) atoms. The summed E-state index contributed by atoms with van der Waals surface area (Å²) in [7, 11) is 0. The van der Waals surface area contributed by atoms with Crippen molar-refractivity contribution in [2.75, 3.05) is 13.2 Å². The zero-order chi connectivity index (χ0) is 16.3. The van der Waals surface area contributed by atoms with Gasteiger partial charge in [0.1, 0.15) is 11.4 Å². The fourth-order valence-electron chi connectivity index (χ4n) is 2.99. The summed E-state index contributed by atoms with van der Waals surface area (Å²) in [6.45, 7) is 2.55. The number of esters is 1. The molecule has 1 aromatic rings. The van der Waals surface area contributed by atoms with E-state index >= 15 is 0 Å². The van der Waals surface area contributed by atoms with E-state index in [4.69, 9.17) is 9.47 Å². The predicted octanol–water partition coefficient (Wildman–Crippen LogP) is 1.89. The summed E-state index contributed by atoms with van der Waals surface area (Å²) in [6, 6.07) is 7.81. The molecule has 2 heterocycles. The monoisotopic (exact) mass is 316 g/mol. The number of amidine groups is 1. The van der Waals surface area contributed by atoms with Gasteiger partial charge in [0.05, 0.1) is 18.7 Å². The Morgan fingerprint density at radius 2 is 2.17 bits per heavy atom. The number of aliphatic imine (C=N–C) groups is 1. The van der Waals surface area contributed by atoms with E-state index in [1.54, 1.807) is 6.92 Å². The van der Waals surface area contributed by atoms with Gasteiger partial charge in [-0.1, -0.05) is 18.2 Å². The first-order valence-electron chi connectivity index (χ1n) is 7.89. The van der Waals surface area contributed by atoms with Crippen molar-refractivity contribution >= 4 is 23.4 Å². The first-order valence-corrected chi connectivity index (χ1v) is 7.89. The highest BCUT2D eigenvalue weighted by atomic mass is 16.5. The van der Waals surface area contributed by atoms with E-state index < -0.39 is 5.60 Å². The summed E-state index contributed by atoms with van der Waals surface area (Å²) in [5, 5.41) is 2.80. The topological polar surface area (TPSA) is 77.0 Å². The average Bonchev–Trinajstić information content (AvgIpc) is 2.84. The van der Waals surface area contributed by atoms with Crippen LogP contribution in [0, 0.1) is 0 Å². The van der Waals surface area contributed by atoms with Gasteiger partial charge in [-0.2, -0.15) is 0 Å². The highest BCUT2D eigenvalue weighted by molar-refractivity contribution is 6.12. The first-order chi connectivity index (χ1) is 11.1. The Morgan fingerprint density at radius 1 is 1.35 bits per heavy atom. The third-order valence-electron chi connectivity index (χ3n) is 4.04. The van der Waals surface area contributed by atoms with Crippen LogP contribution in [-0.2, 0) is 25.5 Å². The van der Waals surface area contributed by atoms with E-state index in [1.807, 2.05) is 24.3 Å². The van der Waals surface area contributed by atoms with Gasteiger partial charge in [0.25, 0.3) is 0 Å². The number of ether oxygens (including phenoxy) is 2. The Hall–Kier alpha value is -2.21. The fraction of sp³-hybridized carbons (Fsp3) is 0.471. The number of para-hydroxylation sites is 1. The summed E-state index contributed by atoms with van der Waals surface area (Å²) < 4.78 is 10.9. The number of carbonyl (C=O) groups is 2. The molecule has 0 saturated carbocycles. The predicted molar refractivity (Wildman–Crippen MR) is 84.6 cm³/mol. The minimum atomic E-state index is -0.722. The van der Waals surface area contributed by atoms with Gasteiger partial charge >= 0.3 is 5.97 Å². The van der Waals surface area contributed by atoms with E-state index in [0.717, 1.165) is 11.3 Å². The number of benzene rings is 1. The lowest BCUT2D eigenvalue weighted by atomic mass is 9.89. The molecule has 6 nitrogen and oxygen atoms in total. The molecule has 1 aromatic carbocycles.